The molecule has 0 aliphatic heterocycles. The van der Waals surface area contributed by atoms with Crippen LogP contribution in [0.3, 0.4) is 0 Å². The minimum Gasteiger partial charge on any atom is -0.506 e. The fraction of sp³-hybridized carbons (Fsp3) is 0.200. The summed E-state index contributed by atoms with van der Waals surface area (Å²) in [4.78, 5) is 9.75. The second kappa shape index (κ2) is 12.0. The van der Waals surface area contributed by atoms with Crippen molar-refractivity contribution in [1.82, 2.24) is 14.5 Å². The van der Waals surface area contributed by atoms with Crippen molar-refractivity contribution >= 4 is 32.7 Å². The van der Waals surface area contributed by atoms with Gasteiger partial charge in [0.1, 0.15) is 17.1 Å². The first kappa shape index (κ1) is 31.5. The Morgan fingerprint density at radius 1 is 0.848 bits per heavy atom. The summed E-state index contributed by atoms with van der Waals surface area (Å²) in [6.45, 7) is 12.9. The number of hydrogen-bond acceptors (Lipinski definition) is 4. The van der Waals surface area contributed by atoms with Gasteiger partial charge in [0.15, 0.2) is 0 Å². The van der Waals surface area contributed by atoms with Crippen molar-refractivity contribution in [3.63, 3.8) is 0 Å². The minimum absolute atomic E-state index is 0. The number of nitrogens with zero attached hydrogens (tertiary/aromatic N) is 3. The molecule has 7 rings (SSSR count). The SMILES string of the molecule is Cc1cc(C(C)(C)C)cc(-n2c3[c-]c(Oc4ccc5cc(C(C)C)cc(O)c5n4)cc(-c4ccccc4)c3c3ccccc32)n1.[Pt]. The maximum absolute atomic E-state index is 10.8. The number of phenols is 1. The third kappa shape index (κ3) is 5.69. The quantitative estimate of drug-likeness (QED) is 0.177. The van der Waals surface area contributed by atoms with Crippen LogP contribution < -0.4 is 4.74 Å². The van der Waals surface area contributed by atoms with Crippen molar-refractivity contribution < 1.29 is 30.9 Å². The Labute approximate surface area is 284 Å². The average Bonchev–Trinajstić information content (AvgIpc) is 3.34. The number of ether oxygens (including phenoxy) is 1. The van der Waals surface area contributed by atoms with Gasteiger partial charge in [-0.2, -0.15) is 0 Å². The summed E-state index contributed by atoms with van der Waals surface area (Å²) in [6.07, 6.45) is 0. The smallest absolute Gasteiger partial charge is 0.217 e. The van der Waals surface area contributed by atoms with Crippen LogP contribution in [0, 0.1) is 13.0 Å². The Morgan fingerprint density at radius 2 is 1.59 bits per heavy atom. The zero-order valence-electron chi connectivity index (χ0n) is 26.8. The van der Waals surface area contributed by atoms with Crippen LogP contribution in [-0.4, -0.2) is 19.6 Å². The average molecular weight is 786 g/mol. The van der Waals surface area contributed by atoms with E-state index < -0.39 is 0 Å². The van der Waals surface area contributed by atoms with E-state index in [1.807, 2.05) is 43.3 Å². The summed E-state index contributed by atoms with van der Waals surface area (Å²) >= 11 is 0. The molecule has 0 spiro atoms. The molecule has 3 heterocycles. The fourth-order valence-electron chi connectivity index (χ4n) is 6.05. The Morgan fingerprint density at radius 3 is 2.33 bits per heavy atom. The van der Waals surface area contributed by atoms with Crippen molar-refractivity contribution in [2.45, 2.75) is 52.9 Å². The first-order chi connectivity index (χ1) is 21.6. The molecule has 6 heteroatoms. The largest absolute Gasteiger partial charge is 0.506 e. The maximum Gasteiger partial charge on any atom is 0.217 e. The number of aryl methyl sites for hydroxylation is 1. The van der Waals surface area contributed by atoms with E-state index in [9.17, 15) is 5.11 Å². The maximum atomic E-state index is 10.8. The van der Waals surface area contributed by atoms with E-state index in [2.05, 4.69) is 99.8 Å². The van der Waals surface area contributed by atoms with Gasteiger partial charge < -0.3 is 14.4 Å². The van der Waals surface area contributed by atoms with Gasteiger partial charge in [0.05, 0.1) is 0 Å². The molecule has 0 unspecified atom stereocenters. The zero-order chi connectivity index (χ0) is 31.5. The van der Waals surface area contributed by atoms with Gasteiger partial charge in [0, 0.05) is 49.5 Å². The first-order valence-electron chi connectivity index (χ1n) is 15.4. The van der Waals surface area contributed by atoms with Gasteiger partial charge in [-0.25, -0.2) is 9.97 Å². The number of benzene rings is 4. The van der Waals surface area contributed by atoms with Crippen LogP contribution in [0.1, 0.15) is 57.4 Å². The van der Waals surface area contributed by atoms with Crippen LogP contribution in [0.25, 0.3) is 49.7 Å². The molecule has 0 saturated heterocycles. The second-order valence-corrected chi connectivity index (χ2v) is 13.1. The standard InChI is InChI=1S/C40H36N3O2.Pt/c1-24(2)28-19-27-16-17-37(42-39(27)35(44)20-28)45-30-22-32(26-12-8-7-9-13-26)38-31-14-10-11-15-33(31)43(34(38)23-30)36-21-29(40(4,5)6)18-25(3)41-36;/h7-22,24,44H,1-6H3;/q-1;. The predicted molar refractivity (Wildman–Crippen MR) is 184 cm³/mol. The molecule has 1 N–H and O–H groups in total. The van der Waals surface area contributed by atoms with Crippen molar-refractivity contribution in [2.75, 3.05) is 0 Å². The summed E-state index contributed by atoms with van der Waals surface area (Å²) in [7, 11) is 0. The van der Waals surface area contributed by atoms with Crippen LogP contribution in [0.2, 0.25) is 0 Å². The molecule has 5 nitrogen and oxygen atoms in total. The molecule has 0 atom stereocenters. The van der Waals surface area contributed by atoms with E-state index in [0.717, 1.165) is 55.4 Å². The fourth-order valence-corrected chi connectivity index (χ4v) is 6.05. The number of aromatic nitrogens is 3. The Kier molecular flexibility index (Phi) is 8.25. The predicted octanol–water partition coefficient (Wildman–Crippen LogP) is 10.4. The summed E-state index contributed by atoms with van der Waals surface area (Å²) in [5.74, 6) is 2.19. The van der Waals surface area contributed by atoms with Gasteiger partial charge >= 0.3 is 0 Å². The van der Waals surface area contributed by atoms with E-state index in [1.165, 1.54) is 5.56 Å². The van der Waals surface area contributed by atoms with Crippen LogP contribution >= 0.6 is 0 Å². The molecule has 0 amide bonds. The molecule has 46 heavy (non-hydrogen) atoms. The van der Waals surface area contributed by atoms with Crippen molar-refractivity contribution in [2.24, 2.45) is 0 Å². The van der Waals surface area contributed by atoms with Gasteiger partial charge in [-0.3, -0.25) is 0 Å². The van der Waals surface area contributed by atoms with Crippen LogP contribution in [0.15, 0.2) is 97.1 Å². The van der Waals surface area contributed by atoms with Crippen molar-refractivity contribution in [1.29, 1.82) is 0 Å². The normalized spacial score (nSPS) is 11.8. The molecule has 7 aromatic rings. The van der Waals surface area contributed by atoms with E-state index in [-0.39, 0.29) is 32.2 Å². The van der Waals surface area contributed by atoms with E-state index >= 15 is 0 Å². The molecular weight excluding hydrogens is 750 g/mol. The molecule has 3 aromatic heterocycles. The molecular formula is C40H36N3O2Pt-. The second-order valence-electron chi connectivity index (χ2n) is 13.1. The topological polar surface area (TPSA) is 60.2 Å². The number of pyridine rings is 2. The Hall–Kier alpha value is -4.47. The number of phenolic OH excluding ortho intramolecular Hbond substituents is 1. The van der Waals surface area contributed by atoms with Crippen LogP contribution in [0.5, 0.6) is 17.4 Å². The number of fused-ring (bicyclic) bond motifs is 4. The molecule has 0 aliphatic rings. The van der Waals surface area contributed by atoms with E-state index in [0.29, 0.717) is 23.1 Å². The molecule has 0 saturated carbocycles. The van der Waals surface area contributed by atoms with E-state index in [1.54, 1.807) is 6.07 Å². The molecule has 0 aliphatic carbocycles. The monoisotopic (exact) mass is 785 g/mol. The van der Waals surface area contributed by atoms with E-state index in [4.69, 9.17) is 14.7 Å². The van der Waals surface area contributed by atoms with Crippen LogP contribution in [-0.2, 0) is 26.5 Å². The van der Waals surface area contributed by atoms with Gasteiger partial charge in [0.25, 0.3) is 0 Å². The molecule has 0 bridgehead atoms. The summed E-state index contributed by atoms with van der Waals surface area (Å²) in [6, 6.07) is 36.4. The Bertz CT molecular complexity index is 2230. The Balaban J connectivity index is 0.00000372. The van der Waals surface area contributed by atoms with Crippen molar-refractivity contribution in [3.8, 4) is 34.3 Å². The molecule has 4 aromatic carbocycles. The molecule has 0 fully saturated rings. The van der Waals surface area contributed by atoms with Gasteiger partial charge in [-0.1, -0.05) is 94.1 Å². The summed E-state index contributed by atoms with van der Waals surface area (Å²) < 4.78 is 8.66. The van der Waals surface area contributed by atoms with Gasteiger partial charge in [-0.15, -0.1) is 17.7 Å². The zero-order valence-corrected chi connectivity index (χ0v) is 29.1. The van der Waals surface area contributed by atoms with Crippen molar-refractivity contribution in [3.05, 3.63) is 120 Å². The number of aromatic hydroxyl groups is 1. The molecule has 0 radical (unpaired) electrons. The first-order valence-corrected chi connectivity index (χ1v) is 15.4. The minimum atomic E-state index is -0.0440. The summed E-state index contributed by atoms with van der Waals surface area (Å²) in [5, 5.41) is 13.9. The summed E-state index contributed by atoms with van der Waals surface area (Å²) in [5.41, 5.74) is 7.72. The van der Waals surface area contributed by atoms with Gasteiger partial charge in [0.2, 0.25) is 5.88 Å². The third-order valence-electron chi connectivity index (χ3n) is 8.43. The third-order valence-corrected chi connectivity index (χ3v) is 8.43. The number of rotatable bonds is 5. The number of para-hydroxylation sites is 1. The number of hydrogen-bond donors (Lipinski definition) is 1. The van der Waals surface area contributed by atoms with Crippen LogP contribution in [0.4, 0.5) is 0 Å². The molecule has 234 valence electrons. The van der Waals surface area contributed by atoms with Gasteiger partial charge in [-0.05, 0) is 76.7 Å².